The average molecular weight is 336 g/mol. The Bertz CT molecular complexity index is 528. The van der Waals surface area contributed by atoms with Crippen LogP contribution in [0.4, 0.5) is 0 Å². The van der Waals surface area contributed by atoms with E-state index < -0.39 is 23.3 Å². The summed E-state index contributed by atoms with van der Waals surface area (Å²) in [7, 11) is 0. The third kappa shape index (κ3) is 6.69. The largest absolute Gasteiger partial charge is 0.504 e. The Labute approximate surface area is 143 Å². The van der Waals surface area contributed by atoms with Crippen molar-refractivity contribution in [2.24, 2.45) is 0 Å². The van der Waals surface area contributed by atoms with Crippen LogP contribution >= 0.6 is 0 Å². The lowest BCUT2D eigenvalue weighted by Crippen LogP contribution is -2.22. The summed E-state index contributed by atoms with van der Waals surface area (Å²) < 4.78 is 4.75. The lowest BCUT2D eigenvalue weighted by Gasteiger charge is -2.15. The molecule has 0 atom stereocenters. The molecule has 5 heteroatoms. The van der Waals surface area contributed by atoms with Crippen LogP contribution < -0.4 is 0 Å². The minimum Gasteiger partial charge on any atom is -0.504 e. The summed E-state index contributed by atoms with van der Waals surface area (Å²) in [6.07, 6.45) is 11.4. The number of carbonyl (C=O) groups excluding carboxylic acids is 3. The van der Waals surface area contributed by atoms with Gasteiger partial charge in [-0.05, 0) is 12.8 Å². The van der Waals surface area contributed by atoms with E-state index in [2.05, 4.69) is 6.92 Å². The quantitative estimate of drug-likeness (QED) is 0.345. The van der Waals surface area contributed by atoms with Gasteiger partial charge >= 0.3 is 5.97 Å². The van der Waals surface area contributed by atoms with Gasteiger partial charge in [0.2, 0.25) is 11.6 Å². The number of aliphatic hydroxyl groups excluding tert-OH is 1. The molecule has 0 heterocycles. The predicted octanol–water partition coefficient (Wildman–Crippen LogP) is 4.32. The summed E-state index contributed by atoms with van der Waals surface area (Å²) in [6.45, 7) is 3.36. The average Bonchev–Trinajstić information content (AvgIpc) is 2.53. The van der Waals surface area contributed by atoms with Gasteiger partial charge in [0.1, 0.15) is 0 Å². The van der Waals surface area contributed by atoms with Gasteiger partial charge in [-0.25, -0.2) is 0 Å². The van der Waals surface area contributed by atoms with E-state index >= 15 is 0 Å². The van der Waals surface area contributed by atoms with Crippen molar-refractivity contribution in [2.75, 3.05) is 0 Å². The molecule has 0 aromatic heterocycles. The number of ether oxygens (including phenoxy) is 1. The molecule has 1 aliphatic carbocycles. The first-order chi connectivity index (χ1) is 11.5. The second-order valence-electron chi connectivity index (χ2n) is 6.20. The number of unbranched alkanes of at least 4 members (excludes halogenated alkanes) is 8. The number of ketones is 2. The summed E-state index contributed by atoms with van der Waals surface area (Å²) in [5.41, 5.74) is 0.0571. The van der Waals surface area contributed by atoms with Gasteiger partial charge in [0.15, 0.2) is 11.5 Å². The maximum atomic E-state index is 12.2. The van der Waals surface area contributed by atoms with Gasteiger partial charge in [0, 0.05) is 18.6 Å². The van der Waals surface area contributed by atoms with Crippen LogP contribution in [0.2, 0.25) is 0 Å². The fourth-order valence-electron chi connectivity index (χ4n) is 2.73. The second kappa shape index (κ2) is 10.8. The zero-order chi connectivity index (χ0) is 17.9. The lowest BCUT2D eigenvalue weighted by molar-refractivity contribution is -0.140. The Morgan fingerprint density at radius 2 is 1.54 bits per heavy atom. The normalized spacial score (nSPS) is 14.8. The second-order valence-corrected chi connectivity index (χ2v) is 6.20. The molecule has 0 aromatic carbocycles. The number of hydrogen-bond donors (Lipinski definition) is 1. The molecule has 0 saturated carbocycles. The number of hydrogen-bond acceptors (Lipinski definition) is 5. The Balaban J connectivity index is 2.35. The molecular formula is C19H28O5. The molecule has 0 unspecified atom stereocenters. The monoisotopic (exact) mass is 336 g/mol. The SMILES string of the molecule is CCCCCCCCCCCC1=C(O)C(=O)C=C(OC(C)=O)C1=O. The number of rotatable bonds is 11. The van der Waals surface area contributed by atoms with E-state index in [1.54, 1.807) is 0 Å². The third-order valence-corrected chi connectivity index (χ3v) is 4.06. The maximum Gasteiger partial charge on any atom is 0.308 e. The van der Waals surface area contributed by atoms with E-state index in [0.717, 1.165) is 32.3 Å². The standard InChI is InChI=1S/C19H28O5/c1-3-4-5-6-7-8-9-10-11-12-15-18(22)16(21)13-17(19(15)23)24-14(2)20/h13,22H,3-12H2,1-2H3. The zero-order valence-corrected chi connectivity index (χ0v) is 14.7. The van der Waals surface area contributed by atoms with E-state index in [4.69, 9.17) is 4.74 Å². The smallest absolute Gasteiger partial charge is 0.308 e. The molecule has 0 aromatic rings. The highest BCUT2D eigenvalue weighted by atomic mass is 16.5. The van der Waals surface area contributed by atoms with Gasteiger partial charge < -0.3 is 9.84 Å². The molecule has 0 bridgehead atoms. The first-order valence-corrected chi connectivity index (χ1v) is 8.88. The van der Waals surface area contributed by atoms with Crippen LogP contribution in [0.5, 0.6) is 0 Å². The molecular weight excluding hydrogens is 308 g/mol. The molecule has 0 spiro atoms. The van der Waals surface area contributed by atoms with Crippen molar-refractivity contribution in [1.82, 2.24) is 0 Å². The predicted molar refractivity (Wildman–Crippen MR) is 91.4 cm³/mol. The van der Waals surface area contributed by atoms with Crippen molar-refractivity contribution in [3.63, 3.8) is 0 Å². The van der Waals surface area contributed by atoms with Crippen molar-refractivity contribution in [2.45, 2.75) is 78.1 Å². The zero-order valence-electron chi connectivity index (χ0n) is 14.7. The molecule has 1 N–H and O–H groups in total. The summed E-state index contributed by atoms with van der Waals surface area (Å²) in [4.78, 5) is 34.8. The van der Waals surface area contributed by atoms with Crippen molar-refractivity contribution in [3.8, 4) is 0 Å². The maximum absolute atomic E-state index is 12.2. The summed E-state index contributed by atoms with van der Waals surface area (Å²) in [5, 5.41) is 9.81. The molecule has 0 aliphatic heterocycles. The van der Waals surface area contributed by atoms with Gasteiger partial charge in [-0.1, -0.05) is 58.3 Å². The molecule has 0 fully saturated rings. The first-order valence-electron chi connectivity index (χ1n) is 8.88. The first kappa shape index (κ1) is 20.1. The van der Waals surface area contributed by atoms with Gasteiger partial charge in [-0.2, -0.15) is 0 Å². The number of esters is 1. The van der Waals surface area contributed by atoms with Gasteiger partial charge in [-0.15, -0.1) is 0 Å². The molecule has 1 aliphatic rings. The van der Waals surface area contributed by atoms with Crippen LogP contribution in [0, 0.1) is 0 Å². The van der Waals surface area contributed by atoms with E-state index in [0.29, 0.717) is 6.42 Å². The van der Waals surface area contributed by atoms with E-state index in [-0.39, 0.29) is 11.3 Å². The van der Waals surface area contributed by atoms with Crippen molar-refractivity contribution in [1.29, 1.82) is 0 Å². The van der Waals surface area contributed by atoms with Crippen molar-refractivity contribution in [3.05, 3.63) is 23.2 Å². The lowest BCUT2D eigenvalue weighted by atomic mass is 9.94. The van der Waals surface area contributed by atoms with Crippen LogP contribution in [0.15, 0.2) is 23.2 Å². The third-order valence-electron chi connectivity index (χ3n) is 4.06. The summed E-state index contributed by atoms with van der Waals surface area (Å²) in [6, 6.07) is 0. The van der Waals surface area contributed by atoms with Crippen molar-refractivity contribution >= 4 is 17.5 Å². The van der Waals surface area contributed by atoms with E-state index in [9.17, 15) is 19.5 Å². The molecule has 24 heavy (non-hydrogen) atoms. The van der Waals surface area contributed by atoms with Crippen LogP contribution in [0.3, 0.4) is 0 Å². The topological polar surface area (TPSA) is 80.7 Å². The Hall–Kier alpha value is -1.91. The minimum absolute atomic E-state index is 0.0571. The van der Waals surface area contributed by atoms with E-state index in [1.807, 2.05) is 0 Å². The Kier molecular flexibility index (Phi) is 9.05. The van der Waals surface area contributed by atoms with Crippen LogP contribution in [-0.4, -0.2) is 22.6 Å². The summed E-state index contributed by atoms with van der Waals surface area (Å²) in [5.74, 6) is -2.73. The van der Waals surface area contributed by atoms with Gasteiger partial charge in [-0.3, -0.25) is 14.4 Å². The van der Waals surface area contributed by atoms with Crippen LogP contribution in [0.1, 0.15) is 78.1 Å². The molecule has 0 amide bonds. The molecule has 0 saturated heterocycles. The molecule has 1 rings (SSSR count). The Morgan fingerprint density at radius 3 is 2.08 bits per heavy atom. The fourth-order valence-corrected chi connectivity index (χ4v) is 2.73. The minimum atomic E-state index is -0.684. The number of carbonyl (C=O) groups is 3. The number of Topliss-reactive ketones (excluding diaryl/α,β-unsaturated/α-hetero) is 1. The van der Waals surface area contributed by atoms with Crippen molar-refractivity contribution < 1.29 is 24.2 Å². The van der Waals surface area contributed by atoms with Crippen LogP contribution in [-0.2, 0) is 19.1 Å². The van der Waals surface area contributed by atoms with Crippen LogP contribution in [0.25, 0.3) is 0 Å². The van der Waals surface area contributed by atoms with Gasteiger partial charge in [0.05, 0.1) is 0 Å². The highest BCUT2D eigenvalue weighted by Crippen LogP contribution is 2.24. The van der Waals surface area contributed by atoms with Gasteiger partial charge in [0.25, 0.3) is 0 Å². The Morgan fingerprint density at radius 1 is 1.00 bits per heavy atom. The summed E-state index contributed by atoms with van der Waals surface area (Å²) >= 11 is 0. The van der Waals surface area contributed by atoms with E-state index in [1.165, 1.54) is 38.5 Å². The highest BCUT2D eigenvalue weighted by Gasteiger charge is 2.30. The number of allylic oxidation sites excluding steroid dienone is 2. The molecule has 5 nitrogen and oxygen atoms in total. The number of aliphatic hydroxyl groups is 1. The molecule has 134 valence electrons. The fraction of sp³-hybridized carbons (Fsp3) is 0.632. The molecule has 0 radical (unpaired) electrons. The highest BCUT2D eigenvalue weighted by molar-refractivity contribution is 6.21.